The zero-order valence-electron chi connectivity index (χ0n) is 14.2. The average molecular weight is 367 g/mol. The molecule has 2 N–H and O–H groups in total. The van der Waals surface area contributed by atoms with Gasteiger partial charge < -0.3 is 5.32 Å². The third kappa shape index (κ3) is 4.90. The molecule has 1 aromatic carbocycles. The highest BCUT2D eigenvalue weighted by Crippen LogP contribution is 2.18. The molecule has 1 heterocycles. The number of nitrogens with one attached hydrogen (secondary N) is 2. The number of carbonyl (C=O) groups is 1. The molecule has 2 rings (SSSR count). The van der Waals surface area contributed by atoms with Crippen molar-refractivity contribution in [2.24, 2.45) is 0 Å². The Morgan fingerprint density at radius 3 is 2.50 bits per heavy atom. The molecule has 0 saturated heterocycles. The number of carbonyl (C=O) groups excluding carboxylic acids is 1. The van der Waals surface area contributed by atoms with Gasteiger partial charge in [-0.1, -0.05) is 12.1 Å². The van der Waals surface area contributed by atoms with E-state index in [1.54, 1.807) is 45.1 Å². The smallest absolute Gasteiger partial charge is 0.251 e. The summed E-state index contributed by atoms with van der Waals surface area (Å²) >= 11 is 1.56. The van der Waals surface area contributed by atoms with Crippen LogP contribution in [-0.4, -0.2) is 19.9 Å². The zero-order chi connectivity index (χ0) is 18.0. The summed E-state index contributed by atoms with van der Waals surface area (Å²) in [5.41, 5.74) is 0.502. The molecule has 0 saturated carbocycles. The van der Waals surface area contributed by atoms with Crippen molar-refractivity contribution in [1.29, 1.82) is 0 Å². The number of sulfonamides is 1. The normalized spacial score (nSPS) is 12.2. The van der Waals surface area contributed by atoms with E-state index in [1.165, 1.54) is 12.1 Å². The van der Waals surface area contributed by atoms with E-state index in [9.17, 15) is 13.2 Å². The van der Waals surface area contributed by atoms with Crippen LogP contribution in [0.3, 0.4) is 0 Å². The highest BCUT2D eigenvalue weighted by Gasteiger charge is 2.23. The third-order valence-corrected chi connectivity index (χ3v) is 5.84. The lowest BCUT2D eigenvalue weighted by Gasteiger charge is -2.20. The topological polar surface area (TPSA) is 75.3 Å². The predicted octanol–water partition coefficient (Wildman–Crippen LogP) is 3.06. The molecule has 7 heteroatoms. The Labute approximate surface area is 147 Å². The van der Waals surface area contributed by atoms with Crippen LogP contribution in [0.25, 0.3) is 0 Å². The van der Waals surface area contributed by atoms with Gasteiger partial charge in [-0.3, -0.25) is 4.79 Å². The van der Waals surface area contributed by atoms with Gasteiger partial charge in [0.1, 0.15) is 0 Å². The Balaban J connectivity index is 2.23. The number of amides is 1. The van der Waals surface area contributed by atoms with Crippen molar-refractivity contribution in [1.82, 2.24) is 10.0 Å². The first-order chi connectivity index (χ1) is 11.1. The van der Waals surface area contributed by atoms with Crippen LogP contribution >= 0.6 is 11.3 Å². The number of rotatable bonds is 5. The van der Waals surface area contributed by atoms with Gasteiger partial charge in [0, 0.05) is 16.0 Å². The minimum absolute atomic E-state index is 0.0873. The van der Waals surface area contributed by atoms with Gasteiger partial charge in [0.15, 0.2) is 0 Å². The van der Waals surface area contributed by atoms with Crippen molar-refractivity contribution in [3.63, 3.8) is 0 Å². The second-order valence-electron chi connectivity index (χ2n) is 6.59. The van der Waals surface area contributed by atoms with Crippen molar-refractivity contribution in [2.75, 3.05) is 0 Å². The maximum Gasteiger partial charge on any atom is 0.251 e. The average Bonchev–Trinajstić information content (AvgIpc) is 2.95. The number of hydrogen-bond donors (Lipinski definition) is 2. The van der Waals surface area contributed by atoms with Crippen LogP contribution in [0.1, 0.15) is 41.6 Å². The quantitative estimate of drug-likeness (QED) is 0.854. The molecule has 0 aliphatic carbocycles. The molecule has 0 unspecified atom stereocenters. The summed E-state index contributed by atoms with van der Waals surface area (Å²) in [6.07, 6.45) is 0. The van der Waals surface area contributed by atoms with Crippen molar-refractivity contribution < 1.29 is 13.2 Å². The van der Waals surface area contributed by atoms with Crippen molar-refractivity contribution in [3.05, 3.63) is 51.7 Å². The van der Waals surface area contributed by atoms with Gasteiger partial charge in [-0.15, -0.1) is 11.3 Å². The van der Waals surface area contributed by atoms with Gasteiger partial charge >= 0.3 is 0 Å². The second-order valence-corrected chi connectivity index (χ2v) is 9.31. The molecule has 0 fully saturated rings. The zero-order valence-corrected chi connectivity index (χ0v) is 15.8. The van der Waals surface area contributed by atoms with Crippen LogP contribution in [-0.2, 0) is 16.6 Å². The van der Waals surface area contributed by atoms with Crippen LogP contribution in [0.5, 0.6) is 0 Å². The van der Waals surface area contributed by atoms with Gasteiger partial charge in [0.05, 0.1) is 11.4 Å². The fourth-order valence-electron chi connectivity index (χ4n) is 2.15. The fraction of sp³-hybridized carbons (Fsp3) is 0.353. The first kappa shape index (κ1) is 18.6. The third-order valence-electron chi connectivity index (χ3n) is 3.21. The van der Waals surface area contributed by atoms with E-state index in [0.29, 0.717) is 12.1 Å². The lowest BCUT2D eigenvalue weighted by molar-refractivity contribution is 0.0950. The molecule has 0 aliphatic heterocycles. The van der Waals surface area contributed by atoms with E-state index in [2.05, 4.69) is 10.0 Å². The van der Waals surface area contributed by atoms with Gasteiger partial charge in [-0.05, 0) is 56.8 Å². The summed E-state index contributed by atoms with van der Waals surface area (Å²) in [4.78, 5) is 13.5. The fourth-order valence-corrected chi connectivity index (χ4v) is 4.24. The van der Waals surface area contributed by atoms with Gasteiger partial charge in [-0.2, -0.15) is 0 Å². The largest absolute Gasteiger partial charge is 0.347 e. The van der Waals surface area contributed by atoms with E-state index in [1.807, 2.05) is 17.5 Å². The molecule has 0 aliphatic rings. The molecule has 0 radical (unpaired) electrons. The Morgan fingerprint density at radius 1 is 1.21 bits per heavy atom. The number of hydrogen-bond acceptors (Lipinski definition) is 4. The Hall–Kier alpha value is -1.70. The first-order valence-corrected chi connectivity index (χ1v) is 9.90. The molecule has 5 nitrogen and oxygen atoms in total. The van der Waals surface area contributed by atoms with Crippen LogP contribution in [0.4, 0.5) is 0 Å². The Kier molecular flexibility index (Phi) is 5.47. The van der Waals surface area contributed by atoms with Gasteiger partial charge in [0.2, 0.25) is 10.0 Å². The molecule has 0 bridgehead atoms. The van der Waals surface area contributed by atoms with Crippen LogP contribution in [0.2, 0.25) is 0 Å². The monoisotopic (exact) mass is 366 g/mol. The summed E-state index contributed by atoms with van der Waals surface area (Å²) in [6, 6.07) is 8.44. The van der Waals surface area contributed by atoms with Gasteiger partial charge in [-0.25, -0.2) is 13.1 Å². The van der Waals surface area contributed by atoms with E-state index >= 15 is 0 Å². The van der Waals surface area contributed by atoms with Gasteiger partial charge in [0.25, 0.3) is 5.91 Å². The minimum atomic E-state index is -3.68. The first-order valence-electron chi connectivity index (χ1n) is 7.54. The maximum atomic E-state index is 12.4. The molecule has 2 aromatic rings. The lowest BCUT2D eigenvalue weighted by atomic mass is 10.1. The van der Waals surface area contributed by atoms with Crippen LogP contribution in [0, 0.1) is 6.92 Å². The molecule has 130 valence electrons. The number of aryl methyl sites for hydroxylation is 1. The van der Waals surface area contributed by atoms with Crippen LogP contribution in [0.15, 0.2) is 40.6 Å². The Morgan fingerprint density at radius 2 is 1.92 bits per heavy atom. The van der Waals surface area contributed by atoms with Crippen molar-refractivity contribution in [2.45, 2.75) is 44.7 Å². The molecule has 1 amide bonds. The number of thiophene rings is 1. The standard InChI is InChI=1S/C17H22N2O3S2/c1-12-7-8-14(24(21,22)19-17(2,3)4)10-15(12)16(20)18-11-13-6-5-9-23-13/h5-10,19H,11H2,1-4H3,(H,18,20). The van der Waals surface area contributed by atoms with E-state index in [4.69, 9.17) is 0 Å². The summed E-state index contributed by atoms with van der Waals surface area (Å²) in [7, 11) is -3.68. The highest BCUT2D eigenvalue weighted by molar-refractivity contribution is 7.89. The molecule has 0 spiro atoms. The lowest BCUT2D eigenvalue weighted by Crippen LogP contribution is -2.40. The molecule has 1 aromatic heterocycles. The number of benzene rings is 1. The summed E-state index contributed by atoms with van der Waals surface area (Å²) in [5.74, 6) is -0.284. The highest BCUT2D eigenvalue weighted by atomic mass is 32.2. The summed E-state index contributed by atoms with van der Waals surface area (Å²) in [6.45, 7) is 7.52. The molecule has 24 heavy (non-hydrogen) atoms. The summed E-state index contributed by atoms with van der Waals surface area (Å²) in [5, 5.41) is 4.77. The molecular weight excluding hydrogens is 344 g/mol. The Bertz CT molecular complexity index is 820. The van der Waals surface area contributed by atoms with Crippen molar-refractivity contribution >= 4 is 27.3 Å². The van der Waals surface area contributed by atoms with Crippen molar-refractivity contribution in [3.8, 4) is 0 Å². The molecule has 0 atom stereocenters. The van der Waals surface area contributed by atoms with E-state index in [-0.39, 0.29) is 10.8 Å². The predicted molar refractivity (Wildman–Crippen MR) is 96.7 cm³/mol. The van der Waals surface area contributed by atoms with E-state index < -0.39 is 15.6 Å². The summed E-state index contributed by atoms with van der Waals surface area (Å²) < 4.78 is 27.5. The maximum absolute atomic E-state index is 12.4. The SMILES string of the molecule is Cc1ccc(S(=O)(=O)NC(C)(C)C)cc1C(=O)NCc1cccs1. The van der Waals surface area contributed by atoms with Crippen LogP contribution < -0.4 is 10.0 Å². The minimum Gasteiger partial charge on any atom is -0.347 e. The van der Waals surface area contributed by atoms with E-state index in [0.717, 1.165) is 10.4 Å². The second kappa shape index (κ2) is 7.04. The molecular formula is C17H22N2O3S2.